The highest BCUT2D eigenvalue weighted by Gasteiger charge is 2.15. The van der Waals surface area contributed by atoms with Crippen LogP contribution in [0, 0.1) is 0 Å². The average molecular weight is 345 g/mol. The molecule has 3 heterocycles. The minimum Gasteiger partial charge on any atom is -0.469 e. The second kappa shape index (κ2) is 9.27. The summed E-state index contributed by atoms with van der Waals surface area (Å²) in [4.78, 5) is 4.68. The van der Waals surface area contributed by atoms with Gasteiger partial charge in [-0.15, -0.1) is 0 Å². The van der Waals surface area contributed by atoms with Crippen molar-refractivity contribution < 1.29 is 9.15 Å². The molecule has 2 aromatic rings. The van der Waals surface area contributed by atoms with Gasteiger partial charge in [-0.25, -0.2) is 0 Å². The summed E-state index contributed by atoms with van der Waals surface area (Å²) >= 11 is 0. The topological polar surface area (TPSA) is 76.6 Å². The van der Waals surface area contributed by atoms with E-state index in [-0.39, 0.29) is 6.10 Å². The van der Waals surface area contributed by atoms with Gasteiger partial charge in [0, 0.05) is 51.5 Å². The molecule has 25 heavy (non-hydrogen) atoms. The van der Waals surface area contributed by atoms with E-state index in [0.29, 0.717) is 6.54 Å². The largest absolute Gasteiger partial charge is 0.469 e. The van der Waals surface area contributed by atoms with E-state index in [1.165, 1.54) is 5.69 Å². The molecule has 0 spiro atoms. The maximum absolute atomic E-state index is 5.66. The molecule has 7 heteroatoms. The predicted octanol–water partition coefficient (Wildman–Crippen LogP) is 1.51. The van der Waals surface area contributed by atoms with Gasteiger partial charge in [-0.1, -0.05) is 0 Å². The quantitative estimate of drug-likeness (QED) is 0.560. The lowest BCUT2D eigenvalue weighted by Crippen LogP contribution is -2.40. The fourth-order valence-corrected chi connectivity index (χ4v) is 2.87. The van der Waals surface area contributed by atoms with Crippen molar-refractivity contribution in [3.63, 3.8) is 0 Å². The highest BCUT2D eigenvalue weighted by Crippen LogP contribution is 2.11. The molecule has 1 aliphatic heterocycles. The van der Waals surface area contributed by atoms with Gasteiger partial charge in [0.1, 0.15) is 5.76 Å². The van der Waals surface area contributed by atoms with E-state index in [9.17, 15) is 0 Å². The van der Waals surface area contributed by atoms with Crippen LogP contribution in [0.3, 0.4) is 0 Å². The Bertz CT molecular complexity index is 644. The van der Waals surface area contributed by atoms with E-state index in [4.69, 9.17) is 9.15 Å². The number of ether oxygens (including phenoxy) is 1. The van der Waals surface area contributed by atoms with Crippen LogP contribution in [0.25, 0.3) is 0 Å². The third kappa shape index (κ3) is 5.63. The van der Waals surface area contributed by atoms with E-state index in [1.54, 1.807) is 6.26 Å². The van der Waals surface area contributed by atoms with Crippen LogP contribution in [0.15, 0.2) is 40.1 Å². The average Bonchev–Trinajstić information content (AvgIpc) is 3.36. The third-order valence-corrected chi connectivity index (χ3v) is 4.32. The molecule has 0 radical (unpaired) electrons. The van der Waals surface area contributed by atoms with Crippen LogP contribution in [0.5, 0.6) is 0 Å². The van der Waals surface area contributed by atoms with E-state index >= 15 is 0 Å². The Balaban J connectivity index is 1.47. The number of aliphatic imine (C=N–C) groups is 1. The van der Waals surface area contributed by atoms with Crippen molar-refractivity contribution in [2.75, 3.05) is 26.2 Å². The normalized spacial score (nSPS) is 17.8. The number of aromatic nitrogens is 2. The van der Waals surface area contributed by atoms with Gasteiger partial charge in [0.2, 0.25) is 0 Å². The zero-order valence-electron chi connectivity index (χ0n) is 14.8. The summed E-state index contributed by atoms with van der Waals surface area (Å²) in [5, 5.41) is 11.0. The molecule has 0 aromatic carbocycles. The zero-order chi connectivity index (χ0) is 17.3. The minimum atomic E-state index is 0.251. The number of hydrogen-bond donors (Lipinski definition) is 2. The molecule has 1 saturated heterocycles. The first-order valence-corrected chi connectivity index (χ1v) is 8.94. The summed E-state index contributed by atoms with van der Waals surface area (Å²) in [7, 11) is 1.96. The SMILES string of the molecule is Cn1nccc1CCNC(=NCC1CCCO1)NCCc1ccco1. The fraction of sp³-hybridized carbons (Fsp3) is 0.556. The van der Waals surface area contributed by atoms with Crippen molar-refractivity contribution in [3.8, 4) is 0 Å². The minimum absolute atomic E-state index is 0.251. The van der Waals surface area contributed by atoms with Gasteiger partial charge in [-0.3, -0.25) is 9.67 Å². The third-order valence-electron chi connectivity index (χ3n) is 4.32. The number of hydrogen-bond acceptors (Lipinski definition) is 4. The van der Waals surface area contributed by atoms with Crippen molar-refractivity contribution in [2.24, 2.45) is 12.0 Å². The van der Waals surface area contributed by atoms with Crippen molar-refractivity contribution in [1.29, 1.82) is 0 Å². The molecule has 2 N–H and O–H groups in total. The molecule has 0 aliphatic carbocycles. The lowest BCUT2D eigenvalue weighted by atomic mass is 10.2. The molecular formula is C18H27N5O2. The Morgan fingerprint density at radius 1 is 1.32 bits per heavy atom. The first-order valence-electron chi connectivity index (χ1n) is 8.94. The predicted molar refractivity (Wildman–Crippen MR) is 96.6 cm³/mol. The van der Waals surface area contributed by atoms with Gasteiger partial charge in [0.25, 0.3) is 0 Å². The molecule has 2 aromatic heterocycles. The van der Waals surface area contributed by atoms with Crippen molar-refractivity contribution >= 4 is 5.96 Å². The van der Waals surface area contributed by atoms with Crippen molar-refractivity contribution in [2.45, 2.75) is 31.8 Å². The maximum atomic E-state index is 5.66. The van der Waals surface area contributed by atoms with Gasteiger partial charge >= 0.3 is 0 Å². The number of rotatable bonds is 8. The van der Waals surface area contributed by atoms with E-state index in [2.05, 4.69) is 20.7 Å². The molecule has 7 nitrogen and oxygen atoms in total. The Hall–Kier alpha value is -2.28. The Labute approximate surface area is 148 Å². The first kappa shape index (κ1) is 17.5. The van der Waals surface area contributed by atoms with E-state index < -0.39 is 0 Å². The van der Waals surface area contributed by atoms with Gasteiger partial charge in [0.15, 0.2) is 5.96 Å². The van der Waals surface area contributed by atoms with Crippen LogP contribution in [0.1, 0.15) is 24.3 Å². The molecule has 1 atom stereocenters. The second-order valence-electron chi connectivity index (χ2n) is 6.20. The Kier molecular flexibility index (Phi) is 6.50. The van der Waals surface area contributed by atoms with Crippen LogP contribution >= 0.6 is 0 Å². The molecule has 1 fully saturated rings. The standard InChI is InChI=1S/C18H27N5O2/c1-23-15(7-11-22-23)6-9-19-18(21-14-17-5-3-13-25-17)20-10-8-16-4-2-12-24-16/h2,4,7,11-12,17H,3,5-6,8-10,13-14H2,1H3,(H2,19,20,21). The summed E-state index contributed by atoms with van der Waals surface area (Å²) < 4.78 is 12.9. The number of aryl methyl sites for hydroxylation is 1. The van der Waals surface area contributed by atoms with Crippen LogP contribution in [0.4, 0.5) is 0 Å². The fourth-order valence-electron chi connectivity index (χ4n) is 2.87. The van der Waals surface area contributed by atoms with Gasteiger partial charge in [-0.2, -0.15) is 5.10 Å². The molecule has 1 unspecified atom stereocenters. The van der Waals surface area contributed by atoms with Gasteiger partial charge in [-0.05, 0) is 31.0 Å². The molecule has 0 saturated carbocycles. The highest BCUT2D eigenvalue weighted by atomic mass is 16.5. The lowest BCUT2D eigenvalue weighted by molar-refractivity contribution is 0.117. The van der Waals surface area contributed by atoms with Crippen LogP contribution in [0.2, 0.25) is 0 Å². The summed E-state index contributed by atoms with van der Waals surface area (Å²) in [6, 6.07) is 5.93. The van der Waals surface area contributed by atoms with Crippen LogP contribution in [-0.2, 0) is 24.6 Å². The van der Waals surface area contributed by atoms with E-state index in [0.717, 1.165) is 57.1 Å². The van der Waals surface area contributed by atoms with Crippen molar-refractivity contribution in [3.05, 3.63) is 42.1 Å². The second-order valence-corrected chi connectivity index (χ2v) is 6.20. The number of furan rings is 1. The Morgan fingerprint density at radius 2 is 2.20 bits per heavy atom. The van der Waals surface area contributed by atoms with Crippen LogP contribution < -0.4 is 10.6 Å². The smallest absolute Gasteiger partial charge is 0.191 e. The van der Waals surface area contributed by atoms with Gasteiger partial charge in [0.05, 0.1) is 18.9 Å². The zero-order valence-corrected chi connectivity index (χ0v) is 14.8. The molecular weight excluding hydrogens is 318 g/mol. The monoisotopic (exact) mass is 345 g/mol. The van der Waals surface area contributed by atoms with Gasteiger partial charge < -0.3 is 19.8 Å². The first-order chi connectivity index (χ1) is 12.3. The summed E-state index contributed by atoms with van der Waals surface area (Å²) in [5.74, 6) is 1.80. The summed E-state index contributed by atoms with van der Waals surface area (Å²) in [6.07, 6.45) is 7.73. The summed E-state index contributed by atoms with van der Waals surface area (Å²) in [6.45, 7) is 3.13. The van der Waals surface area contributed by atoms with E-state index in [1.807, 2.05) is 36.1 Å². The lowest BCUT2D eigenvalue weighted by Gasteiger charge is -2.14. The molecule has 136 valence electrons. The summed E-state index contributed by atoms with van der Waals surface area (Å²) in [5.41, 5.74) is 1.20. The highest BCUT2D eigenvalue weighted by molar-refractivity contribution is 5.79. The maximum Gasteiger partial charge on any atom is 0.191 e. The van der Waals surface area contributed by atoms with Crippen LogP contribution in [-0.4, -0.2) is 48.1 Å². The molecule has 3 rings (SSSR count). The molecule has 1 aliphatic rings. The number of nitrogens with one attached hydrogen (secondary N) is 2. The molecule has 0 bridgehead atoms. The number of guanidine groups is 1. The van der Waals surface area contributed by atoms with Crippen molar-refractivity contribution in [1.82, 2.24) is 20.4 Å². The Morgan fingerprint density at radius 3 is 2.88 bits per heavy atom. The number of nitrogens with zero attached hydrogens (tertiary/aromatic N) is 3. The molecule has 0 amide bonds.